The molecule has 7 nitrogen and oxygen atoms in total. The van der Waals surface area contributed by atoms with Crippen molar-refractivity contribution in [3.05, 3.63) is 12.1 Å². The fourth-order valence-corrected chi connectivity index (χ4v) is 1.60. The minimum Gasteiger partial charge on any atom is -0.481 e. The van der Waals surface area contributed by atoms with E-state index >= 15 is 0 Å². The number of nitrogens with zero attached hydrogens (tertiary/aromatic N) is 2. The van der Waals surface area contributed by atoms with Crippen molar-refractivity contribution in [3.63, 3.8) is 0 Å². The van der Waals surface area contributed by atoms with Crippen LogP contribution in [-0.2, 0) is 9.59 Å². The summed E-state index contributed by atoms with van der Waals surface area (Å²) in [6.45, 7) is 0.103. The summed E-state index contributed by atoms with van der Waals surface area (Å²) < 4.78 is 4.98. The molecule has 2 heterocycles. The van der Waals surface area contributed by atoms with Gasteiger partial charge in [0, 0.05) is 6.07 Å². The SMILES string of the molecule is COc1ccc(N)c(N2CC(=O)NC(=O)C2)n1. The summed E-state index contributed by atoms with van der Waals surface area (Å²) in [5, 5.41) is 2.21. The molecule has 1 aliphatic heterocycles. The number of methoxy groups -OCH3 is 1. The Labute approximate surface area is 97.6 Å². The number of ether oxygens (including phenoxy) is 1. The van der Waals surface area contributed by atoms with Crippen LogP contribution in [0.3, 0.4) is 0 Å². The molecule has 0 aliphatic carbocycles. The van der Waals surface area contributed by atoms with Gasteiger partial charge in [0.15, 0.2) is 5.82 Å². The quantitative estimate of drug-likeness (QED) is 0.648. The van der Waals surface area contributed by atoms with Gasteiger partial charge in [-0.3, -0.25) is 14.9 Å². The van der Waals surface area contributed by atoms with Crippen LogP contribution in [0.15, 0.2) is 12.1 Å². The highest BCUT2D eigenvalue weighted by Crippen LogP contribution is 2.24. The molecule has 1 aliphatic rings. The fourth-order valence-electron chi connectivity index (χ4n) is 1.60. The van der Waals surface area contributed by atoms with Crippen molar-refractivity contribution in [2.24, 2.45) is 0 Å². The Balaban J connectivity index is 2.32. The van der Waals surface area contributed by atoms with Crippen molar-refractivity contribution in [1.82, 2.24) is 10.3 Å². The number of amides is 2. The zero-order valence-corrected chi connectivity index (χ0v) is 9.27. The van der Waals surface area contributed by atoms with Crippen molar-refractivity contribution in [2.75, 3.05) is 30.8 Å². The van der Waals surface area contributed by atoms with Crippen LogP contribution in [-0.4, -0.2) is 37.0 Å². The number of rotatable bonds is 2. The van der Waals surface area contributed by atoms with E-state index in [1.54, 1.807) is 12.1 Å². The van der Waals surface area contributed by atoms with Gasteiger partial charge in [0.2, 0.25) is 17.7 Å². The molecule has 1 fully saturated rings. The topological polar surface area (TPSA) is 97.5 Å². The molecule has 0 unspecified atom stereocenters. The minimum atomic E-state index is -0.370. The maximum atomic E-state index is 11.2. The summed E-state index contributed by atoms with van der Waals surface area (Å²) in [6.07, 6.45) is 0. The number of piperazine rings is 1. The van der Waals surface area contributed by atoms with E-state index in [1.807, 2.05) is 0 Å². The van der Waals surface area contributed by atoms with Crippen LogP contribution in [0.4, 0.5) is 11.5 Å². The number of nitrogens with two attached hydrogens (primary N) is 1. The van der Waals surface area contributed by atoms with Gasteiger partial charge in [0.1, 0.15) is 0 Å². The van der Waals surface area contributed by atoms with Gasteiger partial charge in [-0.2, -0.15) is 4.98 Å². The highest BCUT2D eigenvalue weighted by Gasteiger charge is 2.25. The second-order valence-electron chi connectivity index (χ2n) is 3.59. The van der Waals surface area contributed by atoms with Crippen LogP contribution < -0.4 is 20.7 Å². The lowest BCUT2D eigenvalue weighted by atomic mass is 10.3. The number of pyridine rings is 1. The zero-order valence-electron chi connectivity index (χ0n) is 9.27. The third-order valence-electron chi connectivity index (χ3n) is 2.34. The third kappa shape index (κ3) is 2.27. The molecule has 17 heavy (non-hydrogen) atoms. The predicted octanol–water partition coefficient (Wildman–Crippen LogP) is -0.865. The summed E-state index contributed by atoms with van der Waals surface area (Å²) in [6, 6.07) is 3.24. The first-order chi connectivity index (χ1) is 8.10. The first-order valence-electron chi connectivity index (χ1n) is 4.98. The fraction of sp³-hybridized carbons (Fsp3) is 0.300. The van der Waals surface area contributed by atoms with E-state index < -0.39 is 0 Å². The number of hydrogen-bond donors (Lipinski definition) is 2. The lowest BCUT2D eigenvalue weighted by molar-refractivity contribution is -0.130. The average Bonchev–Trinajstić information content (AvgIpc) is 2.28. The molecular formula is C10H12N4O3. The molecule has 0 bridgehead atoms. The Hall–Kier alpha value is -2.31. The molecule has 1 saturated heterocycles. The van der Waals surface area contributed by atoms with Gasteiger partial charge in [-0.25, -0.2) is 0 Å². The molecule has 7 heteroatoms. The number of aromatic nitrogens is 1. The van der Waals surface area contributed by atoms with E-state index in [9.17, 15) is 9.59 Å². The molecule has 2 amide bonds. The van der Waals surface area contributed by atoms with E-state index in [4.69, 9.17) is 10.5 Å². The van der Waals surface area contributed by atoms with Crippen molar-refractivity contribution < 1.29 is 14.3 Å². The van der Waals surface area contributed by atoms with Crippen molar-refractivity contribution in [2.45, 2.75) is 0 Å². The molecule has 0 atom stereocenters. The average molecular weight is 236 g/mol. The standard InChI is InChI=1S/C10H12N4O3/c1-17-9-3-2-6(11)10(13-9)14-4-7(15)12-8(16)5-14/h2-3H,4-5,11H2,1H3,(H,12,15,16). The number of imide groups is 1. The normalized spacial score (nSPS) is 15.7. The van der Waals surface area contributed by atoms with E-state index in [-0.39, 0.29) is 24.9 Å². The second kappa shape index (κ2) is 4.28. The van der Waals surface area contributed by atoms with E-state index in [2.05, 4.69) is 10.3 Å². The van der Waals surface area contributed by atoms with Crippen LogP contribution in [0.1, 0.15) is 0 Å². The van der Waals surface area contributed by atoms with Crippen LogP contribution >= 0.6 is 0 Å². The molecule has 2 rings (SSSR count). The first-order valence-corrected chi connectivity index (χ1v) is 4.98. The number of carbonyl (C=O) groups excluding carboxylic acids is 2. The molecule has 0 saturated carbocycles. The molecule has 0 radical (unpaired) electrons. The predicted molar refractivity (Wildman–Crippen MR) is 60.6 cm³/mol. The molecule has 0 aromatic carbocycles. The maximum Gasteiger partial charge on any atom is 0.246 e. The van der Waals surface area contributed by atoms with Crippen molar-refractivity contribution in [3.8, 4) is 5.88 Å². The number of carbonyl (C=O) groups is 2. The summed E-state index contributed by atoms with van der Waals surface area (Å²) >= 11 is 0. The summed E-state index contributed by atoms with van der Waals surface area (Å²) in [5.74, 6) is 0.0238. The number of hydrogen-bond acceptors (Lipinski definition) is 6. The zero-order chi connectivity index (χ0) is 12.4. The van der Waals surface area contributed by atoms with E-state index in [0.717, 1.165) is 0 Å². The van der Waals surface area contributed by atoms with Crippen LogP contribution in [0.25, 0.3) is 0 Å². The first kappa shape index (κ1) is 11.2. The van der Waals surface area contributed by atoms with E-state index in [1.165, 1.54) is 12.0 Å². The second-order valence-corrected chi connectivity index (χ2v) is 3.59. The van der Waals surface area contributed by atoms with Crippen LogP contribution in [0, 0.1) is 0 Å². The summed E-state index contributed by atoms with van der Waals surface area (Å²) in [7, 11) is 1.48. The third-order valence-corrected chi connectivity index (χ3v) is 2.34. The lowest BCUT2D eigenvalue weighted by Gasteiger charge is -2.27. The monoisotopic (exact) mass is 236 g/mol. The highest BCUT2D eigenvalue weighted by molar-refractivity contribution is 6.03. The van der Waals surface area contributed by atoms with Gasteiger partial charge < -0.3 is 15.4 Å². The van der Waals surface area contributed by atoms with Crippen molar-refractivity contribution >= 4 is 23.3 Å². The minimum absolute atomic E-state index is 0.0517. The lowest BCUT2D eigenvalue weighted by Crippen LogP contribution is -2.51. The van der Waals surface area contributed by atoms with Gasteiger partial charge in [-0.15, -0.1) is 0 Å². The Morgan fingerprint density at radius 2 is 2.00 bits per heavy atom. The molecule has 1 aromatic heterocycles. The number of nitrogen functional groups attached to an aromatic ring is 1. The van der Waals surface area contributed by atoms with Crippen molar-refractivity contribution in [1.29, 1.82) is 0 Å². The smallest absolute Gasteiger partial charge is 0.246 e. The number of anilines is 2. The van der Waals surface area contributed by atoms with Gasteiger partial charge in [-0.05, 0) is 6.07 Å². The number of nitrogens with one attached hydrogen (secondary N) is 1. The van der Waals surface area contributed by atoms with Crippen LogP contribution in [0.2, 0.25) is 0 Å². The highest BCUT2D eigenvalue weighted by atomic mass is 16.5. The summed E-state index contributed by atoms with van der Waals surface area (Å²) in [4.78, 5) is 28.1. The Bertz CT molecular complexity index is 459. The van der Waals surface area contributed by atoms with Gasteiger partial charge in [0.05, 0.1) is 25.9 Å². The largest absolute Gasteiger partial charge is 0.481 e. The van der Waals surface area contributed by atoms with Gasteiger partial charge in [-0.1, -0.05) is 0 Å². The summed E-state index contributed by atoms with van der Waals surface area (Å²) in [5.41, 5.74) is 6.16. The Morgan fingerprint density at radius 3 is 2.59 bits per heavy atom. The molecule has 90 valence electrons. The maximum absolute atomic E-state index is 11.2. The molecule has 3 N–H and O–H groups in total. The Morgan fingerprint density at radius 1 is 1.35 bits per heavy atom. The van der Waals surface area contributed by atoms with E-state index in [0.29, 0.717) is 17.4 Å². The Kier molecular flexibility index (Phi) is 2.82. The molecule has 1 aromatic rings. The van der Waals surface area contributed by atoms with Crippen LogP contribution in [0.5, 0.6) is 5.88 Å². The van der Waals surface area contributed by atoms with Gasteiger partial charge in [0.25, 0.3) is 0 Å². The van der Waals surface area contributed by atoms with Gasteiger partial charge >= 0.3 is 0 Å². The molecule has 0 spiro atoms. The molecular weight excluding hydrogens is 224 g/mol.